The van der Waals surface area contributed by atoms with Crippen molar-refractivity contribution in [3.8, 4) is 11.5 Å². The Labute approximate surface area is 135 Å². The second-order valence-electron chi connectivity index (χ2n) is 5.69. The molecule has 0 aliphatic carbocycles. The zero-order valence-corrected chi connectivity index (χ0v) is 13.7. The summed E-state index contributed by atoms with van der Waals surface area (Å²) in [6.45, 7) is 5.24. The van der Waals surface area contributed by atoms with Crippen molar-refractivity contribution in [2.24, 2.45) is 0 Å². The van der Waals surface area contributed by atoms with Gasteiger partial charge in [-0.2, -0.15) is 0 Å². The Kier molecular flexibility index (Phi) is 4.49. The Hall–Kier alpha value is -2.12. The molecule has 23 heavy (non-hydrogen) atoms. The Morgan fingerprint density at radius 2 is 1.87 bits per heavy atom. The third-order valence-electron chi connectivity index (χ3n) is 4.29. The van der Waals surface area contributed by atoms with E-state index in [9.17, 15) is 5.11 Å². The summed E-state index contributed by atoms with van der Waals surface area (Å²) in [5, 5.41) is 17.5. The van der Waals surface area contributed by atoms with Crippen LogP contribution in [0.3, 0.4) is 0 Å². The van der Waals surface area contributed by atoms with Crippen LogP contribution in [0.15, 0.2) is 12.1 Å². The van der Waals surface area contributed by atoms with E-state index in [1.54, 1.807) is 14.2 Å². The van der Waals surface area contributed by atoms with E-state index >= 15 is 0 Å². The van der Waals surface area contributed by atoms with Crippen molar-refractivity contribution in [3.63, 3.8) is 0 Å². The van der Waals surface area contributed by atoms with Gasteiger partial charge < -0.3 is 19.1 Å². The van der Waals surface area contributed by atoms with Gasteiger partial charge in [0, 0.05) is 19.6 Å². The quantitative estimate of drug-likeness (QED) is 0.890. The van der Waals surface area contributed by atoms with Crippen LogP contribution in [-0.2, 0) is 26.2 Å². The van der Waals surface area contributed by atoms with E-state index in [1.165, 1.54) is 11.1 Å². The monoisotopic (exact) mass is 318 g/mol. The van der Waals surface area contributed by atoms with E-state index in [-0.39, 0.29) is 6.61 Å². The largest absolute Gasteiger partial charge is 0.493 e. The molecule has 0 saturated heterocycles. The van der Waals surface area contributed by atoms with Gasteiger partial charge in [-0.15, -0.1) is 10.2 Å². The highest BCUT2D eigenvalue weighted by Gasteiger charge is 2.21. The molecule has 0 fully saturated rings. The van der Waals surface area contributed by atoms with E-state index in [2.05, 4.69) is 22.0 Å². The molecule has 1 aromatic heterocycles. The SMILES string of the molecule is COc1cc(C)c(CN2CCn3c(CO)nnc3C2)cc1OC. The highest BCUT2D eigenvalue weighted by Crippen LogP contribution is 2.31. The van der Waals surface area contributed by atoms with Gasteiger partial charge in [-0.05, 0) is 30.2 Å². The maximum Gasteiger partial charge on any atom is 0.161 e. The third kappa shape index (κ3) is 3.02. The van der Waals surface area contributed by atoms with Gasteiger partial charge in [0.15, 0.2) is 17.3 Å². The summed E-state index contributed by atoms with van der Waals surface area (Å²) in [5.41, 5.74) is 2.38. The standard InChI is InChI=1S/C16H22N4O3/c1-11-6-13(22-2)14(23-3)7-12(11)8-19-4-5-20-15(9-19)17-18-16(20)10-21/h6-7,21H,4-5,8-10H2,1-3H3. The van der Waals surface area contributed by atoms with Gasteiger partial charge >= 0.3 is 0 Å². The summed E-state index contributed by atoms with van der Waals surface area (Å²) in [5.74, 6) is 3.04. The highest BCUT2D eigenvalue weighted by molar-refractivity contribution is 5.47. The summed E-state index contributed by atoms with van der Waals surface area (Å²) in [7, 11) is 3.30. The van der Waals surface area contributed by atoms with Gasteiger partial charge in [0.1, 0.15) is 12.4 Å². The minimum absolute atomic E-state index is 0.0677. The number of hydrogen-bond acceptors (Lipinski definition) is 6. The lowest BCUT2D eigenvalue weighted by Gasteiger charge is -2.28. The molecule has 2 heterocycles. The smallest absolute Gasteiger partial charge is 0.161 e. The van der Waals surface area contributed by atoms with E-state index in [1.807, 2.05) is 16.7 Å². The molecule has 0 amide bonds. The number of aliphatic hydroxyl groups excluding tert-OH is 1. The summed E-state index contributed by atoms with van der Waals surface area (Å²) < 4.78 is 12.7. The van der Waals surface area contributed by atoms with Crippen LogP contribution in [0.5, 0.6) is 11.5 Å². The predicted molar refractivity (Wildman–Crippen MR) is 84.3 cm³/mol. The van der Waals surface area contributed by atoms with Gasteiger partial charge in [-0.3, -0.25) is 4.90 Å². The summed E-state index contributed by atoms with van der Waals surface area (Å²) >= 11 is 0. The number of nitrogens with zero attached hydrogens (tertiary/aromatic N) is 4. The van der Waals surface area contributed by atoms with Gasteiger partial charge in [-0.25, -0.2) is 0 Å². The fourth-order valence-corrected chi connectivity index (χ4v) is 2.95. The van der Waals surface area contributed by atoms with Gasteiger partial charge in [-0.1, -0.05) is 0 Å². The topological polar surface area (TPSA) is 72.6 Å². The number of ether oxygens (including phenoxy) is 2. The van der Waals surface area contributed by atoms with Crippen LogP contribution in [-0.4, -0.2) is 45.5 Å². The molecule has 7 heteroatoms. The first-order valence-corrected chi connectivity index (χ1v) is 7.62. The molecule has 0 bridgehead atoms. The van der Waals surface area contributed by atoms with Crippen molar-refractivity contribution in [1.29, 1.82) is 0 Å². The van der Waals surface area contributed by atoms with Crippen LogP contribution < -0.4 is 9.47 Å². The number of fused-ring (bicyclic) bond motifs is 1. The van der Waals surface area contributed by atoms with E-state index in [4.69, 9.17) is 9.47 Å². The molecule has 7 nitrogen and oxygen atoms in total. The minimum Gasteiger partial charge on any atom is -0.493 e. The average molecular weight is 318 g/mol. The first-order chi connectivity index (χ1) is 11.2. The van der Waals surface area contributed by atoms with Crippen molar-refractivity contribution in [2.45, 2.75) is 33.2 Å². The number of aryl methyl sites for hydroxylation is 1. The Morgan fingerprint density at radius 3 is 2.57 bits per heavy atom. The molecule has 1 aliphatic rings. The van der Waals surface area contributed by atoms with Gasteiger partial charge in [0.05, 0.1) is 20.8 Å². The molecule has 2 aromatic rings. The Morgan fingerprint density at radius 1 is 1.13 bits per heavy atom. The normalized spacial score (nSPS) is 14.6. The number of aliphatic hydroxyl groups is 1. The minimum atomic E-state index is -0.0677. The number of methoxy groups -OCH3 is 2. The molecule has 1 aromatic carbocycles. The molecule has 0 radical (unpaired) electrons. The van der Waals surface area contributed by atoms with Gasteiger partial charge in [0.25, 0.3) is 0 Å². The van der Waals surface area contributed by atoms with Crippen LogP contribution in [0, 0.1) is 6.92 Å². The molecule has 3 rings (SSSR count). The fraction of sp³-hybridized carbons (Fsp3) is 0.500. The van der Waals surface area contributed by atoms with E-state index in [0.29, 0.717) is 5.82 Å². The van der Waals surface area contributed by atoms with E-state index in [0.717, 1.165) is 43.5 Å². The third-order valence-corrected chi connectivity index (χ3v) is 4.29. The summed E-state index contributed by atoms with van der Waals surface area (Å²) in [6.07, 6.45) is 0. The first kappa shape index (κ1) is 15.8. The number of rotatable bonds is 5. The van der Waals surface area contributed by atoms with Crippen LogP contribution in [0.1, 0.15) is 22.8 Å². The van der Waals surface area contributed by atoms with Crippen LogP contribution in [0.2, 0.25) is 0 Å². The van der Waals surface area contributed by atoms with Crippen molar-refractivity contribution in [1.82, 2.24) is 19.7 Å². The zero-order chi connectivity index (χ0) is 16.4. The van der Waals surface area contributed by atoms with E-state index < -0.39 is 0 Å². The van der Waals surface area contributed by atoms with Crippen molar-refractivity contribution in [2.75, 3.05) is 20.8 Å². The summed E-state index contributed by atoms with van der Waals surface area (Å²) in [4.78, 5) is 2.32. The van der Waals surface area contributed by atoms with Crippen molar-refractivity contribution >= 4 is 0 Å². The lowest BCUT2D eigenvalue weighted by Crippen LogP contribution is -2.34. The van der Waals surface area contributed by atoms with Crippen LogP contribution >= 0.6 is 0 Å². The fourth-order valence-electron chi connectivity index (χ4n) is 2.95. The Bertz CT molecular complexity index is 699. The lowest BCUT2D eigenvalue weighted by molar-refractivity contribution is 0.198. The van der Waals surface area contributed by atoms with Crippen molar-refractivity contribution < 1.29 is 14.6 Å². The molecule has 0 spiro atoms. The van der Waals surface area contributed by atoms with Gasteiger partial charge in [0.2, 0.25) is 0 Å². The maximum absolute atomic E-state index is 9.26. The summed E-state index contributed by atoms with van der Waals surface area (Å²) in [6, 6.07) is 4.04. The average Bonchev–Trinajstić information content (AvgIpc) is 2.98. The molecular formula is C16H22N4O3. The highest BCUT2D eigenvalue weighted by atomic mass is 16.5. The Balaban J connectivity index is 1.78. The second kappa shape index (κ2) is 6.55. The zero-order valence-electron chi connectivity index (χ0n) is 13.7. The molecule has 0 atom stereocenters. The molecule has 124 valence electrons. The molecule has 1 N–H and O–H groups in total. The first-order valence-electron chi connectivity index (χ1n) is 7.62. The number of benzene rings is 1. The lowest BCUT2D eigenvalue weighted by atomic mass is 10.1. The number of aromatic nitrogens is 3. The predicted octanol–water partition coefficient (Wildman–Crippen LogP) is 1.11. The second-order valence-corrected chi connectivity index (χ2v) is 5.69. The molecular weight excluding hydrogens is 296 g/mol. The molecule has 0 unspecified atom stereocenters. The molecule has 1 aliphatic heterocycles. The molecule has 0 saturated carbocycles. The van der Waals surface area contributed by atoms with Crippen molar-refractivity contribution in [3.05, 3.63) is 34.9 Å². The number of hydrogen-bond donors (Lipinski definition) is 1. The van der Waals surface area contributed by atoms with Crippen LogP contribution in [0.25, 0.3) is 0 Å². The van der Waals surface area contributed by atoms with Crippen LogP contribution in [0.4, 0.5) is 0 Å². The maximum atomic E-state index is 9.26.